The Kier molecular flexibility index (Phi) is 5.33. The molecule has 1 aromatic rings. The van der Waals surface area contributed by atoms with Gasteiger partial charge in [0.2, 0.25) is 5.91 Å². The van der Waals surface area contributed by atoms with Gasteiger partial charge in [0.15, 0.2) is 0 Å². The van der Waals surface area contributed by atoms with Crippen LogP contribution in [0.25, 0.3) is 0 Å². The number of hydrogen-bond donors (Lipinski definition) is 2. The van der Waals surface area contributed by atoms with E-state index in [2.05, 4.69) is 10.3 Å². The highest BCUT2D eigenvalue weighted by molar-refractivity contribution is 7.09. The highest BCUT2D eigenvalue weighted by Gasteiger charge is 2.38. The zero-order valence-electron chi connectivity index (χ0n) is 12.3. The van der Waals surface area contributed by atoms with Crippen molar-refractivity contribution in [2.45, 2.75) is 57.9 Å². The van der Waals surface area contributed by atoms with E-state index in [1.54, 1.807) is 6.20 Å². The summed E-state index contributed by atoms with van der Waals surface area (Å²) >= 11 is 1.53. The van der Waals surface area contributed by atoms with Crippen LogP contribution in [0.15, 0.2) is 11.6 Å². The van der Waals surface area contributed by atoms with Crippen LogP contribution in [0.2, 0.25) is 0 Å². The summed E-state index contributed by atoms with van der Waals surface area (Å²) in [4.78, 5) is 27.6. The Hall–Kier alpha value is -1.43. The maximum Gasteiger partial charge on any atom is 0.303 e. The number of aromatic nitrogens is 1. The predicted octanol–water partition coefficient (Wildman–Crippen LogP) is 3.14. The number of thiazole rings is 1. The SMILES string of the molecule is CCC(NC(=O)CC1(CC(=O)O)CCCC1)c1nccs1. The van der Waals surface area contributed by atoms with Crippen LogP contribution in [0.1, 0.15) is 62.9 Å². The van der Waals surface area contributed by atoms with E-state index >= 15 is 0 Å². The number of carbonyl (C=O) groups excluding carboxylic acids is 1. The lowest BCUT2D eigenvalue weighted by Gasteiger charge is -2.27. The van der Waals surface area contributed by atoms with E-state index < -0.39 is 5.97 Å². The zero-order chi connectivity index (χ0) is 15.3. The van der Waals surface area contributed by atoms with Crippen LogP contribution in [-0.4, -0.2) is 22.0 Å². The van der Waals surface area contributed by atoms with Gasteiger partial charge in [-0.15, -0.1) is 11.3 Å². The van der Waals surface area contributed by atoms with Crippen LogP contribution < -0.4 is 5.32 Å². The van der Waals surface area contributed by atoms with Gasteiger partial charge in [-0.2, -0.15) is 0 Å². The van der Waals surface area contributed by atoms with Gasteiger partial charge in [0.25, 0.3) is 0 Å². The van der Waals surface area contributed by atoms with Crippen molar-refractivity contribution >= 4 is 23.2 Å². The molecule has 1 saturated carbocycles. The Morgan fingerprint density at radius 3 is 2.67 bits per heavy atom. The molecule has 6 heteroatoms. The Bertz CT molecular complexity index is 481. The van der Waals surface area contributed by atoms with Crippen LogP contribution >= 0.6 is 11.3 Å². The van der Waals surface area contributed by atoms with Crippen molar-refractivity contribution in [3.63, 3.8) is 0 Å². The molecule has 0 radical (unpaired) electrons. The molecule has 1 aliphatic carbocycles. The fraction of sp³-hybridized carbons (Fsp3) is 0.667. The number of carboxylic acids is 1. The van der Waals surface area contributed by atoms with Gasteiger partial charge in [-0.05, 0) is 24.7 Å². The smallest absolute Gasteiger partial charge is 0.303 e. The lowest BCUT2D eigenvalue weighted by molar-refractivity contribution is -0.140. The molecule has 0 spiro atoms. The highest BCUT2D eigenvalue weighted by atomic mass is 32.1. The first kappa shape index (κ1) is 15.9. The van der Waals surface area contributed by atoms with Crippen LogP contribution in [0.3, 0.4) is 0 Å². The molecule has 1 atom stereocenters. The molecular weight excluding hydrogens is 288 g/mol. The Labute approximate surface area is 128 Å². The molecule has 5 nitrogen and oxygen atoms in total. The second-order valence-corrected chi connectivity index (χ2v) is 6.78. The molecular formula is C15H22N2O3S. The van der Waals surface area contributed by atoms with Gasteiger partial charge >= 0.3 is 5.97 Å². The third kappa shape index (κ3) is 4.27. The number of aliphatic carboxylic acids is 1. The number of carboxylic acid groups (broad SMARTS) is 1. The second-order valence-electron chi connectivity index (χ2n) is 5.85. The summed E-state index contributed by atoms with van der Waals surface area (Å²) in [6.07, 6.45) is 6.62. The zero-order valence-corrected chi connectivity index (χ0v) is 13.1. The highest BCUT2D eigenvalue weighted by Crippen LogP contribution is 2.44. The fourth-order valence-corrected chi connectivity index (χ4v) is 3.97. The number of hydrogen-bond acceptors (Lipinski definition) is 4. The van der Waals surface area contributed by atoms with Crippen molar-refractivity contribution < 1.29 is 14.7 Å². The maximum absolute atomic E-state index is 12.3. The summed E-state index contributed by atoms with van der Waals surface area (Å²) in [5.74, 6) is -0.864. The van der Waals surface area contributed by atoms with Gasteiger partial charge in [0, 0.05) is 18.0 Å². The normalized spacial score (nSPS) is 18.3. The molecule has 0 aliphatic heterocycles. The molecule has 2 N–H and O–H groups in total. The van der Waals surface area contributed by atoms with Crippen molar-refractivity contribution in [3.8, 4) is 0 Å². The van der Waals surface area contributed by atoms with Gasteiger partial charge in [-0.1, -0.05) is 19.8 Å². The molecule has 21 heavy (non-hydrogen) atoms. The average molecular weight is 310 g/mol. The van der Waals surface area contributed by atoms with Crippen LogP contribution in [0.5, 0.6) is 0 Å². The number of rotatable bonds is 7. The van der Waals surface area contributed by atoms with E-state index in [1.165, 1.54) is 11.3 Å². The number of nitrogens with zero attached hydrogens (tertiary/aromatic N) is 1. The van der Waals surface area contributed by atoms with E-state index in [0.717, 1.165) is 37.1 Å². The van der Waals surface area contributed by atoms with Crippen molar-refractivity contribution in [3.05, 3.63) is 16.6 Å². The molecule has 1 aliphatic rings. The van der Waals surface area contributed by atoms with Gasteiger partial charge in [0.05, 0.1) is 12.5 Å². The van der Waals surface area contributed by atoms with E-state index in [1.807, 2.05) is 12.3 Å². The topological polar surface area (TPSA) is 79.3 Å². The standard InChI is InChI=1S/C15H22N2O3S/c1-2-11(14-16-7-8-21-14)17-12(18)9-15(10-13(19)20)5-3-4-6-15/h7-8,11H,2-6,9-10H2,1H3,(H,17,18)(H,19,20). The Morgan fingerprint density at radius 2 is 2.14 bits per heavy atom. The summed E-state index contributed by atoms with van der Waals surface area (Å²) in [5.41, 5.74) is -0.350. The molecule has 2 rings (SSSR count). The monoisotopic (exact) mass is 310 g/mol. The fourth-order valence-electron chi connectivity index (χ4n) is 3.19. The molecule has 0 saturated heterocycles. The maximum atomic E-state index is 12.3. The van der Waals surface area contributed by atoms with Crippen molar-refractivity contribution in [2.75, 3.05) is 0 Å². The lowest BCUT2D eigenvalue weighted by atomic mass is 9.79. The number of carbonyl (C=O) groups is 2. The molecule has 1 amide bonds. The van der Waals surface area contributed by atoms with Crippen molar-refractivity contribution in [1.29, 1.82) is 0 Å². The summed E-state index contributed by atoms with van der Waals surface area (Å²) in [6.45, 7) is 2.01. The quantitative estimate of drug-likeness (QED) is 0.811. The second kappa shape index (κ2) is 7.02. The predicted molar refractivity (Wildman–Crippen MR) is 81.1 cm³/mol. The molecule has 1 fully saturated rings. The van der Waals surface area contributed by atoms with Gasteiger partial charge in [0.1, 0.15) is 5.01 Å². The number of amides is 1. The van der Waals surface area contributed by atoms with E-state index in [4.69, 9.17) is 5.11 Å². The molecule has 116 valence electrons. The molecule has 0 aromatic carbocycles. The van der Waals surface area contributed by atoms with Crippen molar-refractivity contribution in [2.24, 2.45) is 5.41 Å². The van der Waals surface area contributed by atoms with E-state index in [0.29, 0.717) is 6.42 Å². The van der Waals surface area contributed by atoms with E-state index in [9.17, 15) is 9.59 Å². The summed E-state index contributed by atoms with van der Waals surface area (Å²) in [5, 5.41) is 14.9. The van der Waals surface area contributed by atoms with Gasteiger partial charge in [-0.3, -0.25) is 9.59 Å². The van der Waals surface area contributed by atoms with Crippen LogP contribution in [0, 0.1) is 5.41 Å². The first-order valence-electron chi connectivity index (χ1n) is 7.45. The Morgan fingerprint density at radius 1 is 1.43 bits per heavy atom. The third-order valence-electron chi connectivity index (χ3n) is 4.22. The minimum absolute atomic E-state index is 0.0554. The summed E-state index contributed by atoms with van der Waals surface area (Å²) < 4.78 is 0. The minimum Gasteiger partial charge on any atom is -0.481 e. The molecule has 1 unspecified atom stereocenters. The van der Waals surface area contributed by atoms with Crippen molar-refractivity contribution in [1.82, 2.24) is 10.3 Å². The van der Waals surface area contributed by atoms with Gasteiger partial charge < -0.3 is 10.4 Å². The minimum atomic E-state index is -0.809. The van der Waals surface area contributed by atoms with Crippen LogP contribution in [-0.2, 0) is 9.59 Å². The summed E-state index contributed by atoms with van der Waals surface area (Å²) in [6, 6.07) is -0.0687. The molecule has 1 aromatic heterocycles. The largest absolute Gasteiger partial charge is 0.481 e. The first-order chi connectivity index (χ1) is 10.0. The Balaban J connectivity index is 1.97. The summed E-state index contributed by atoms with van der Waals surface area (Å²) in [7, 11) is 0. The first-order valence-corrected chi connectivity index (χ1v) is 8.33. The molecule has 1 heterocycles. The average Bonchev–Trinajstić information content (AvgIpc) is 3.07. The van der Waals surface area contributed by atoms with Crippen LogP contribution in [0.4, 0.5) is 0 Å². The lowest BCUT2D eigenvalue weighted by Crippen LogP contribution is -2.34. The third-order valence-corrected chi connectivity index (χ3v) is 5.11. The van der Waals surface area contributed by atoms with Gasteiger partial charge in [-0.25, -0.2) is 4.98 Å². The number of nitrogens with one attached hydrogen (secondary N) is 1. The van der Waals surface area contributed by atoms with E-state index in [-0.39, 0.29) is 23.8 Å². The molecule has 0 bridgehead atoms.